The van der Waals surface area contributed by atoms with Crippen molar-refractivity contribution in [3.05, 3.63) is 117 Å². The fraction of sp³-hybridized carbons (Fsp3) is 0.400. The number of aromatic nitrogens is 4. The summed E-state index contributed by atoms with van der Waals surface area (Å²) in [4.78, 5) is 28.3. The Morgan fingerprint density at radius 3 is 1.96 bits per heavy atom. The molecule has 8 rings (SSSR count). The first-order chi connectivity index (χ1) is 25.6. The summed E-state index contributed by atoms with van der Waals surface area (Å²) in [7, 11) is 0. The molecule has 2 aromatic heterocycles. The van der Waals surface area contributed by atoms with Crippen molar-refractivity contribution in [1.82, 2.24) is 20.0 Å². The summed E-state index contributed by atoms with van der Waals surface area (Å²) < 4.78 is 106. The Morgan fingerprint density at radius 1 is 0.709 bits per heavy atom. The molecule has 4 aliphatic rings. The summed E-state index contributed by atoms with van der Waals surface area (Å²) in [5.74, 6) is -2.07. The second-order valence-electron chi connectivity index (χ2n) is 16.6. The number of aromatic amines is 1. The maximum Gasteiger partial charge on any atom is 0.433 e. The van der Waals surface area contributed by atoms with Gasteiger partial charge < -0.3 is 10.6 Å². The first-order valence-electron chi connectivity index (χ1n) is 17.8. The molecule has 8 nitrogen and oxygen atoms in total. The number of anilines is 2. The van der Waals surface area contributed by atoms with Gasteiger partial charge in [-0.2, -0.15) is 36.5 Å². The topological polar surface area (TPSA) is 105 Å². The van der Waals surface area contributed by atoms with Crippen LogP contribution in [-0.2, 0) is 39.3 Å². The number of Topliss-reactive ketones (excluding diaryl/α,β-unsaturated/α-hetero) is 2. The molecule has 0 radical (unpaired) electrons. The van der Waals surface area contributed by atoms with Crippen molar-refractivity contribution < 1.29 is 40.3 Å². The molecule has 0 spiro atoms. The maximum atomic E-state index is 15.8. The van der Waals surface area contributed by atoms with Gasteiger partial charge in [0.05, 0.1) is 10.8 Å². The minimum atomic E-state index is -5.06. The van der Waals surface area contributed by atoms with Crippen LogP contribution in [0, 0.1) is 16.6 Å². The van der Waals surface area contributed by atoms with Crippen molar-refractivity contribution in [3.8, 4) is 0 Å². The standard InChI is InChI=1S/C40H37F7N6O2/c1-35(2)15-23-28(25(54)17-35)38(5,21-13-9-10-14-22(21)41)30-32(40(45,46)47)53(52-34(30)49-23)19-36(3)16-24-27(26(55)18-36)37(4,20-11-7-6-8-12-20)29-31(39(42,43)44)50-51-33(29)48-24/h6-14H,15-19H2,1-5H3,(H,49,52)(H2,48,50,51). The second kappa shape index (κ2) is 11.7. The van der Waals surface area contributed by atoms with Crippen LogP contribution in [0.25, 0.3) is 0 Å². The van der Waals surface area contributed by atoms with Gasteiger partial charge >= 0.3 is 12.4 Å². The third-order valence-electron chi connectivity index (χ3n) is 11.8. The summed E-state index contributed by atoms with van der Waals surface area (Å²) >= 11 is 0. The molecule has 3 atom stereocenters. The molecule has 0 saturated heterocycles. The number of nitrogens with zero attached hydrogens (tertiary/aromatic N) is 3. The third-order valence-corrected chi connectivity index (χ3v) is 11.8. The second-order valence-corrected chi connectivity index (χ2v) is 16.6. The number of alkyl halides is 6. The number of hydrogen-bond acceptors (Lipinski definition) is 6. The van der Waals surface area contributed by atoms with Gasteiger partial charge in [-0.05, 0) is 49.1 Å². The molecule has 15 heteroatoms. The monoisotopic (exact) mass is 766 g/mol. The zero-order valence-corrected chi connectivity index (χ0v) is 30.5. The van der Waals surface area contributed by atoms with Crippen LogP contribution in [0.4, 0.5) is 42.4 Å². The molecule has 0 amide bonds. The minimum Gasteiger partial charge on any atom is -0.342 e. The SMILES string of the molecule is CC1(C)CC(=O)C2=C(C1)Nc1nn(CC3(C)CC(=O)C4=C(C3)Nc3n[nH]c(C(F)(F)F)c3C4(C)c3ccccc3)c(C(F)(F)F)c1C2(C)c1ccccc1F. The van der Waals surface area contributed by atoms with E-state index in [0.717, 1.165) is 10.7 Å². The van der Waals surface area contributed by atoms with E-state index in [4.69, 9.17) is 0 Å². The average Bonchev–Trinajstić information content (AvgIpc) is 3.66. The van der Waals surface area contributed by atoms with Gasteiger partial charge in [-0.1, -0.05) is 69.3 Å². The molecule has 55 heavy (non-hydrogen) atoms. The van der Waals surface area contributed by atoms with Gasteiger partial charge in [0.2, 0.25) is 0 Å². The number of nitrogens with one attached hydrogen (secondary N) is 3. The fourth-order valence-electron chi connectivity index (χ4n) is 9.67. The largest absolute Gasteiger partial charge is 0.433 e. The number of fused-ring (bicyclic) bond motifs is 2. The molecule has 3 N–H and O–H groups in total. The molecule has 2 aromatic carbocycles. The highest BCUT2D eigenvalue weighted by Gasteiger charge is 2.57. The number of hydrogen-bond donors (Lipinski definition) is 3. The van der Waals surface area contributed by atoms with E-state index in [1.54, 1.807) is 37.3 Å². The van der Waals surface area contributed by atoms with Crippen LogP contribution in [-0.4, -0.2) is 31.5 Å². The highest BCUT2D eigenvalue weighted by Crippen LogP contribution is 2.58. The summed E-state index contributed by atoms with van der Waals surface area (Å²) in [6.07, 6.45) is -9.94. The van der Waals surface area contributed by atoms with Crippen molar-refractivity contribution in [1.29, 1.82) is 0 Å². The number of carbonyl (C=O) groups is 2. The van der Waals surface area contributed by atoms with E-state index in [9.17, 15) is 22.8 Å². The molecule has 0 bridgehead atoms. The Balaban J connectivity index is 1.28. The van der Waals surface area contributed by atoms with E-state index < -0.39 is 74.9 Å². The van der Waals surface area contributed by atoms with Crippen molar-refractivity contribution in [2.75, 3.05) is 10.6 Å². The van der Waals surface area contributed by atoms with E-state index in [1.807, 2.05) is 13.8 Å². The van der Waals surface area contributed by atoms with E-state index in [2.05, 4.69) is 25.9 Å². The Kier molecular flexibility index (Phi) is 7.79. The zero-order valence-electron chi connectivity index (χ0n) is 30.5. The maximum absolute atomic E-state index is 15.8. The lowest BCUT2D eigenvalue weighted by Gasteiger charge is -2.45. The molecule has 0 fully saturated rings. The highest BCUT2D eigenvalue weighted by molar-refractivity contribution is 6.04. The van der Waals surface area contributed by atoms with E-state index in [1.165, 1.54) is 32.0 Å². The Morgan fingerprint density at radius 2 is 1.31 bits per heavy atom. The van der Waals surface area contributed by atoms with Crippen LogP contribution < -0.4 is 10.6 Å². The summed E-state index contributed by atoms with van der Waals surface area (Å²) in [6.45, 7) is 7.85. The first-order valence-corrected chi connectivity index (χ1v) is 17.8. The van der Waals surface area contributed by atoms with Crippen LogP contribution >= 0.6 is 0 Å². The Labute approximate surface area is 311 Å². The molecule has 2 aliphatic heterocycles. The van der Waals surface area contributed by atoms with Crippen LogP contribution in [0.15, 0.2) is 77.1 Å². The smallest absolute Gasteiger partial charge is 0.342 e. The fourth-order valence-corrected chi connectivity index (χ4v) is 9.67. The van der Waals surface area contributed by atoms with Gasteiger partial charge in [-0.25, -0.2) is 4.39 Å². The van der Waals surface area contributed by atoms with Gasteiger partial charge in [-0.15, -0.1) is 0 Å². The molecule has 4 aromatic rings. The van der Waals surface area contributed by atoms with Crippen molar-refractivity contribution >= 4 is 23.2 Å². The van der Waals surface area contributed by atoms with E-state index in [-0.39, 0.29) is 58.9 Å². The van der Waals surface area contributed by atoms with Gasteiger partial charge in [-0.3, -0.25) is 19.4 Å². The number of rotatable bonds is 4. The van der Waals surface area contributed by atoms with Crippen LogP contribution in [0.2, 0.25) is 0 Å². The average molecular weight is 767 g/mol. The van der Waals surface area contributed by atoms with Crippen molar-refractivity contribution in [2.45, 2.75) is 90.0 Å². The van der Waals surface area contributed by atoms with Crippen LogP contribution in [0.5, 0.6) is 0 Å². The molecule has 0 saturated carbocycles. The lowest BCUT2D eigenvalue weighted by Crippen LogP contribution is -2.44. The lowest BCUT2D eigenvalue weighted by atomic mass is 9.61. The van der Waals surface area contributed by atoms with Gasteiger partial charge in [0, 0.05) is 58.6 Å². The van der Waals surface area contributed by atoms with Gasteiger partial charge in [0.15, 0.2) is 23.2 Å². The van der Waals surface area contributed by atoms with Crippen LogP contribution in [0.3, 0.4) is 0 Å². The summed E-state index contributed by atoms with van der Waals surface area (Å²) in [5, 5.41) is 16.5. The van der Waals surface area contributed by atoms with E-state index in [0.29, 0.717) is 17.7 Å². The molecule has 4 heterocycles. The van der Waals surface area contributed by atoms with Crippen molar-refractivity contribution in [3.63, 3.8) is 0 Å². The van der Waals surface area contributed by atoms with E-state index >= 15 is 17.6 Å². The number of H-pyrrole nitrogens is 1. The summed E-state index contributed by atoms with van der Waals surface area (Å²) in [6, 6.07) is 13.7. The third kappa shape index (κ3) is 5.47. The predicted molar refractivity (Wildman–Crippen MR) is 188 cm³/mol. The van der Waals surface area contributed by atoms with Gasteiger partial charge in [0.1, 0.15) is 17.2 Å². The van der Waals surface area contributed by atoms with Crippen LogP contribution in [0.1, 0.15) is 93.9 Å². The van der Waals surface area contributed by atoms with Crippen molar-refractivity contribution in [2.24, 2.45) is 10.8 Å². The number of ketones is 2. The zero-order chi connectivity index (χ0) is 39.7. The molecule has 2 aliphatic carbocycles. The molecular weight excluding hydrogens is 729 g/mol. The van der Waals surface area contributed by atoms with Gasteiger partial charge in [0.25, 0.3) is 0 Å². The highest BCUT2D eigenvalue weighted by atomic mass is 19.4. The summed E-state index contributed by atoms with van der Waals surface area (Å²) in [5.41, 5.74) is -7.28. The number of carbonyl (C=O) groups excluding carboxylic acids is 2. The molecule has 288 valence electrons. The Hall–Kier alpha value is -5.21. The number of benzene rings is 2. The molecule has 3 unspecified atom stereocenters. The lowest BCUT2D eigenvalue weighted by molar-refractivity contribution is -0.146. The first kappa shape index (κ1) is 36.8. The Bertz CT molecular complexity index is 2370. The normalized spacial score (nSPS) is 26.2. The quantitative estimate of drug-likeness (QED) is 0.179. The number of allylic oxidation sites excluding steroid dienone is 4. The molecular formula is C40H37F7N6O2. The number of halogens is 7. The predicted octanol–water partition coefficient (Wildman–Crippen LogP) is 9.21. The minimum absolute atomic E-state index is 0.0388.